The highest BCUT2D eigenvalue weighted by Gasteiger charge is 2.20. The van der Waals surface area contributed by atoms with Crippen LogP contribution in [0.2, 0.25) is 0 Å². The molecule has 2 rings (SSSR count). The summed E-state index contributed by atoms with van der Waals surface area (Å²) < 4.78 is 5.66. The fraction of sp³-hybridized carbons (Fsp3) is 0.692. The Labute approximate surface area is 108 Å². The highest BCUT2D eigenvalue weighted by atomic mass is 16.5. The van der Waals surface area contributed by atoms with Gasteiger partial charge in [-0.25, -0.2) is 0 Å². The Kier molecular flexibility index (Phi) is 4.14. The lowest BCUT2D eigenvalue weighted by Gasteiger charge is -2.25. The van der Waals surface area contributed by atoms with Gasteiger partial charge < -0.3 is 15.4 Å². The van der Waals surface area contributed by atoms with Crippen molar-refractivity contribution in [3.63, 3.8) is 0 Å². The van der Waals surface area contributed by atoms with Gasteiger partial charge in [0.2, 0.25) is 0 Å². The van der Waals surface area contributed by atoms with E-state index in [0.29, 0.717) is 6.54 Å². The first-order valence-corrected chi connectivity index (χ1v) is 6.53. The topological polar surface area (TPSA) is 64.3 Å². The molecule has 1 aromatic heterocycles. The first kappa shape index (κ1) is 13.2. The highest BCUT2D eigenvalue weighted by molar-refractivity contribution is 5.50. The Balaban J connectivity index is 2.34. The minimum absolute atomic E-state index is 0.224. The molecule has 5 nitrogen and oxygen atoms in total. The van der Waals surface area contributed by atoms with Gasteiger partial charge in [-0.2, -0.15) is 5.10 Å². The number of aromatic nitrogens is 2. The van der Waals surface area contributed by atoms with Crippen molar-refractivity contribution >= 4 is 5.82 Å². The number of hydrogen-bond acceptors (Lipinski definition) is 5. The number of anilines is 1. The van der Waals surface area contributed by atoms with Gasteiger partial charge in [0.15, 0.2) is 5.82 Å². The van der Waals surface area contributed by atoms with Crippen LogP contribution < -0.4 is 10.6 Å². The van der Waals surface area contributed by atoms with Crippen LogP contribution in [0.1, 0.15) is 30.2 Å². The maximum absolute atomic E-state index is 5.88. The van der Waals surface area contributed by atoms with Crippen LogP contribution in [0.4, 0.5) is 5.82 Å². The van der Waals surface area contributed by atoms with Crippen molar-refractivity contribution in [3.8, 4) is 0 Å². The number of nitrogens with two attached hydrogens (primary N) is 1. The lowest BCUT2D eigenvalue weighted by atomic mass is 10.1. The van der Waals surface area contributed by atoms with Gasteiger partial charge in [-0.05, 0) is 32.8 Å². The Hall–Kier alpha value is -1.20. The Morgan fingerprint density at radius 2 is 2.17 bits per heavy atom. The molecule has 0 amide bonds. The molecule has 1 unspecified atom stereocenters. The zero-order chi connectivity index (χ0) is 13.1. The molecular weight excluding hydrogens is 228 g/mol. The molecule has 0 radical (unpaired) electrons. The molecule has 2 N–H and O–H groups in total. The number of rotatable bonds is 2. The third kappa shape index (κ3) is 2.62. The van der Waals surface area contributed by atoms with Crippen LogP contribution in [-0.2, 0) is 11.3 Å². The molecule has 0 aliphatic carbocycles. The SMILES string of the molecule is Cc1nnc(N2CCCOC(C)C2)c(CN)c1C. The van der Waals surface area contributed by atoms with Crippen LogP contribution in [0.3, 0.4) is 0 Å². The molecule has 2 heterocycles. The molecular formula is C13H22N4O. The predicted molar refractivity (Wildman–Crippen MR) is 71.6 cm³/mol. The molecule has 0 saturated carbocycles. The van der Waals surface area contributed by atoms with E-state index in [2.05, 4.69) is 28.9 Å². The summed E-state index contributed by atoms with van der Waals surface area (Å²) in [6.45, 7) is 9.25. The monoisotopic (exact) mass is 250 g/mol. The molecule has 1 aliphatic rings. The molecule has 0 aromatic carbocycles. The van der Waals surface area contributed by atoms with Crippen molar-refractivity contribution in [1.29, 1.82) is 0 Å². The largest absolute Gasteiger partial charge is 0.377 e. The van der Waals surface area contributed by atoms with Crippen molar-refractivity contribution in [1.82, 2.24) is 10.2 Å². The van der Waals surface area contributed by atoms with E-state index in [1.165, 1.54) is 0 Å². The van der Waals surface area contributed by atoms with Gasteiger partial charge in [-0.15, -0.1) is 5.10 Å². The summed E-state index contributed by atoms with van der Waals surface area (Å²) in [7, 11) is 0. The van der Waals surface area contributed by atoms with Gasteiger partial charge in [-0.3, -0.25) is 0 Å². The number of nitrogens with zero attached hydrogens (tertiary/aromatic N) is 3. The molecule has 1 saturated heterocycles. The fourth-order valence-corrected chi connectivity index (χ4v) is 2.33. The van der Waals surface area contributed by atoms with E-state index in [1.807, 2.05) is 6.92 Å². The fourth-order valence-electron chi connectivity index (χ4n) is 2.33. The minimum Gasteiger partial charge on any atom is -0.377 e. The van der Waals surface area contributed by atoms with Crippen LogP contribution in [0.5, 0.6) is 0 Å². The standard InChI is InChI=1S/C13H22N4O/c1-9-8-17(5-4-6-18-9)13-12(7-14)10(2)11(3)15-16-13/h9H,4-8,14H2,1-3H3. The van der Waals surface area contributed by atoms with E-state index in [-0.39, 0.29) is 6.10 Å². The van der Waals surface area contributed by atoms with Crippen LogP contribution in [0.15, 0.2) is 0 Å². The second kappa shape index (κ2) is 5.63. The van der Waals surface area contributed by atoms with Crippen molar-refractivity contribution in [2.24, 2.45) is 5.73 Å². The van der Waals surface area contributed by atoms with Crippen molar-refractivity contribution in [2.75, 3.05) is 24.6 Å². The van der Waals surface area contributed by atoms with Crippen LogP contribution in [-0.4, -0.2) is 36.0 Å². The Morgan fingerprint density at radius 1 is 1.39 bits per heavy atom. The average Bonchev–Trinajstić information content (AvgIpc) is 2.57. The van der Waals surface area contributed by atoms with Crippen LogP contribution in [0.25, 0.3) is 0 Å². The van der Waals surface area contributed by atoms with Gasteiger partial charge in [0.1, 0.15) is 0 Å². The van der Waals surface area contributed by atoms with Gasteiger partial charge in [0.25, 0.3) is 0 Å². The zero-order valence-electron chi connectivity index (χ0n) is 11.4. The smallest absolute Gasteiger partial charge is 0.156 e. The Bertz CT molecular complexity index is 422. The first-order valence-electron chi connectivity index (χ1n) is 6.53. The van der Waals surface area contributed by atoms with Crippen molar-refractivity contribution < 1.29 is 4.74 Å². The molecule has 1 aliphatic heterocycles. The van der Waals surface area contributed by atoms with Gasteiger partial charge in [-0.1, -0.05) is 0 Å². The van der Waals surface area contributed by atoms with Gasteiger partial charge in [0.05, 0.1) is 11.8 Å². The second-order valence-electron chi connectivity index (χ2n) is 4.90. The zero-order valence-corrected chi connectivity index (χ0v) is 11.4. The Morgan fingerprint density at radius 3 is 2.89 bits per heavy atom. The number of ether oxygens (including phenoxy) is 1. The summed E-state index contributed by atoms with van der Waals surface area (Å²) in [5.74, 6) is 0.929. The van der Waals surface area contributed by atoms with E-state index in [9.17, 15) is 0 Å². The molecule has 5 heteroatoms. The highest BCUT2D eigenvalue weighted by Crippen LogP contribution is 2.23. The first-order chi connectivity index (χ1) is 8.63. The summed E-state index contributed by atoms with van der Waals surface area (Å²) in [5.41, 5.74) is 9.09. The summed E-state index contributed by atoms with van der Waals surface area (Å²) in [4.78, 5) is 2.25. The maximum Gasteiger partial charge on any atom is 0.156 e. The van der Waals surface area contributed by atoms with E-state index >= 15 is 0 Å². The molecule has 1 atom stereocenters. The predicted octanol–water partition coefficient (Wildman–Crippen LogP) is 1.17. The number of hydrogen-bond donors (Lipinski definition) is 1. The second-order valence-corrected chi connectivity index (χ2v) is 4.90. The maximum atomic E-state index is 5.88. The summed E-state index contributed by atoms with van der Waals surface area (Å²) in [6, 6.07) is 0. The summed E-state index contributed by atoms with van der Waals surface area (Å²) in [5, 5.41) is 8.58. The molecule has 100 valence electrons. The van der Waals surface area contributed by atoms with E-state index in [4.69, 9.17) is 10.5 Å². The van der Waals surface area contributed by atoms with E-state index in [1.54, 1.807) is 0 Å². The van der Waals surface area contributed by atoms with Crippen molar-refractivity contribution in [2.45, 2.75) is 39.8 Å². The lowest BCUT2D eigenvalue weighted by Crippen LogP contribution is -2.32. The summed E-state index contributed by atoms with van der Waals surface area (Å²) >= 11 is 0. The normalized spacial score (nSPS) is 20.9. The quantitative estimate of drug-likeness (QED) is 0.853. The van der Waals surface area contributed by atoms with Crippen LogP contribution in [0, 0.1) is 13.8 Å². The molecule has 1 aromatic rings. The molecule has 1 fully saturated rings. The van der Waals surface area contributed by atoms with Crippen LogP contribution >= 0.6 is 0 Å². The molecule has 0 bridgehead atoms. The van der Waals surface area contributed by atoms with E-state index in [0.717, 1.165) is 48.8 Å². The molecule has 0 spiro atoms. The van der Waals surface area contributed by atoms with Gasteiger partial charge in [0, 0.05) is 31.8 Å². The van der Waals surface area contributed by atoms with Gasteiger partial charge >= 0.3 is 0 Å². The molecule has 18 heavy (non-hydrogen) atoms. The minimum atomic E-state index is 0.224. The van der Waals surface area contributed by atoms with Crippen molar-refractivity contribution in [3.05, 3.63) is 16.8 Å². The lowest BCUT2D eigenvalue weighted by molar-refractivity contribution is 0.0820. The average molecular weight is 250 g/mol. The third-order valence-corrected chi connectivity index (χ3v) is 3.52. The third-order valence-electron chi connectivity index (χ3n) is 3.52. The number of aryl methyl sites for hydroxylation is 1. The summed E-state index contributed by atoms with van der Waals surface area (Å²) in [6.07, 6.45) is 1.24. The van der Waals surface area contributed by atoms with E-state index < -0.39 is 0 Å².